The fraction of sp³-hybridized carbons (Fsp3) is 0.522. The maximum Gasteiger partial charge on any atom is 0.222 e. The molecule has 1 amide bonds. The summed E-state index contributed by atoms with van der Waals surface area (Å²) < 4.78 is 5.59. The summed E-state index contributed by atoms with van der Waals surface area (Å²) in [6.07, 6.45) is 6.07. The summed E-state index contributed by atoms with van der Waals surface area (Å²) in [4.78, 5) is 17.4. The third-order valence-electron chi connectivity index (χ3n) is 6.86. The maximum atomic E-state index is 12.7. The number of piperidine rings is 1. The van der Waals surface area contributed by atoms with E-state index in [2.05, 4.69) is 46.2 Å². The van der Waals surface area contributed by atoms with Gasteiger partial charge in [-0.05, 0) is 42.9 Å². The third kappa shape index (κ3) is 3.31. The first kappa shape index (κ1) is 17.1. The predicted molar refractivity (Wildman–Crippen MR) is 104 cm³/mol. The van der Waals surface area contributed by atoms with E-state index < -0.39 is 0 Å². The Kier molecular flexibility index (Phi) is 4.31. The Bertz CT molecular complexity index is 784. The third-order valence-corrected chi connectivity index (χ3v) is 6.86. The molecule has 2 saturated heterocycles. The highest BCUT2D eigenvalue weighted by atomic mass is 16.3. The Hall–Kier alpha value is -2.07. The second kappa shape index (κ2) is 6.83. The van der Waals surface area contributed by atoms with Crippen molar-refractivity contribution in [1.82, 2.24) is 9.80 Å². The first-order chi connectivity index (χ1) is 13.2. The molecule has 5 rings (SSSR count). The zero-order valence-electron chi connectivity index (χ0n) is 15.8. The van der Waals surface area contributed by atoms with Crippen molar-refractivity contribution in [3.63, 3.8) is 0 Å². The van der Waals surface area contributed by atoms with Crippen molar-refractivity contribution in [2.24, 2.45) is 11.8 Å². The van der Waals surface area contributed by atoms with Gasteiger partial charge in [-0.3, -0.25) is 9.69 Å². The number of fused-ring (bicyclic) bond motifs is 1. The molecule has 0 N–H and O–H groups in total. The number of hydrogen-bond acceptors (Lipinski definition) is 3. The number of nitrogens with zero attached hydrogens (tertiary/aromatic N) is 2. The maximum absolute atomic E-state index is 12.7. The van der Waals surface area contributed by atoms with Crippen molar-refractivity contribution < 1.29 is 9.21 Å². The standard InChI is InChI=1S/C23H28N2O2/c26-22(13-18-8-9-18)25-11-10-23(19-5-2-1-3-6-19)17-24(14-20(23)15-25)16-21-7-4-12-27-21/h1-7,12,18,20H,8-11,13-17H2. The van der Waals surface area contributed by atoms with Gasteiger partial charge < -0.3 is 9.32 Å². The molecule has 3 fully saturated rings. The minimum absolute atomic E-state index is 0.157. The zero-order chi connectivity index (χ0) is 18.3. The fourth-order valence-electron chi connectivity index (χ4n) is 5.20. The van der Waals surface area contributed by atoms with E-state index in [4.69, 9.17) is 4.42 Å². The molecule has 3 aliphatic rings. The van der Waals surface area contributed by atoms with E-state index in [-0.39, 0.29) is 5.41 Å². The van der Waals surface area contributed by atoms with Crippen molar-refractivity contribution in [2.75, 3.05) is 26.2 Å². The van der Waals surface area contributed by atoms with Crippen molar-refractivity contribution in [3.8, 4) is 0 Å². The van der Waals surface area contributed by atoms with Crippen LogP contribution in [-0.2, 0) is 16.8 Å². The number of carbonyl (C=O) groups excluding carboxylic acids is 1. The van der Waals surface area contributed by atoms with Crippen molar-refractivity contribution >= 4 is 5.91 Å². The van der Waals surface area contributed by atoms with Gasteiger partial charge in [0.05, 0.1) is 12.8 Å². The molecule has 2 atom stereocenters. The molecule has 0 bridgehead atoms. The van der Waals surface area contributed by atoms with Crippen LogP contribution in [0.5, 0.6) is 0 Å². The fourth-order valence-corrected chi connectivity index (χ4v) is 5.20. The number of likely N-dealkylation sites (tertiary alicyclic amines) is 2. The van der Waals surface area contributed by atoms with Crippen LogP contribution in [0.25, 0.3) is 0 Å². The first-order valence-electron chi connectivity index (χ1n) is 10.3. The summed E-state index contributed by atoms with van der Waals surface area (Å²) in [7, 11) is 0. The lowest BCUT2D eigenvalue weighted by Crippen LogP contribution is -2.51. The SMILES string of the molecule is O=C(CC1CC1)N1CCC2(c3ccccc3)CN(Cc3ccco3)CC2C1. The topological polar surface area (TPSA) is 36.7 Å². The van der Waals surface area contributed by atoms with E-state index in [1.165, 1.54) is 18.4 Å². The number of amides is 1. The number of furan rings is 1. The van der Waals surface area contributed by atoms with Gasteiger partial charge in [-0.25, -0.2) is 0 Å². The van der Waals surface area contributed by atoms with Crippen LogP contribution in [0.15, 0.2) is 53.1 Å². The second-order valence-corrected chi connectivity index (χ2v) is 8.71. The van der Waals surface area contributed by atoms with Crippen molar-refractivity contribution in [2.45, 2.75) is 37.6 Å². The van der Waals surface area contributed by atoms with E-state index in [1.54, 1.807) is 6.26 Å². The molecule has 142 valence electrons. The molecule has 2 aromatic rings. The summed E-state index contributed by atoms with van der Waals surface area (Å²) in [5.41, 5.74) is 1.59. The molecule has 4 heteroatoms. The normalized spacial score (nSPS) is 28.3. The predicted octanol–water partition coefficient (Wildman–Crippen LogP) is 3.68. The Morgan fingerprint density at radius 1 is 1.11 bits per heavy atom. The quantitative estimate of drug-likeness (QED) is 0.812. The molecule has 1 aromatic carbocycles. The van der Waals surface area contributed by atoms with Gasteiger partial charge in [-0.15, -0.1) is 0 Å². The van der Waals surface area contributed by atoms with Gasteiger partial charge in [-0.2, -0.15) is 0 Å². The lowest BCUT2D eigenvalue weighted by atomic mass is 9.68. The summed E-state index contributed by atoms with van der Waals surface area (Å²) >= 11 is 0. The summed E-state index contributed by atoms with van der Waals surface area (Å²) in [5, 5.41) is 0. The number of carbonyl (C=O) groups is 1. The van der Waals surface area contributed by atoms with Crippen LogP contribution >= 0.6 is 0 Å². The van der Waals surface area contributed by atoms with Gasteiger partial charge in [0, 0.05) is 43.9 Å². The Morgan fingerprint density at radius 2 is 1.96 bits per heavy atom. The minimum Gasteiger partial charge on any atom is -0.468 e. The van der Waals surface area contributed by atoms with Crippen LogP contribution in [0.2, 0.25) is 0 Å². The molecule has 0 radical (unpaired) electrons. The second-order valence-electron chi connectivity index (χ2n) is 8.71. The van der Waals surface area contributed by atoms with E-state index in [0.717, 1.165) is 51.3 Å². The molecule has 2 aliphatic heterocycles. The first-order valence-corrected chi connectivity index (χ1v) is 10.3. The van der Waals surface area contributed by atoms with Gasteiger partial charge in [0.1, 0.15) is 5.76 Å². The van der Waals surface area contributed by atoms with E-state index >= 15 is 0 Å². The largest absolute Gasteiger partial charge is 0.468 e. The number of hydrogen-bond donors (Lipinski definition) is 0. The van der Waals surface area contributed by atoms with Gasteiger partial charge in [0.2, 0.25) is 5.91 Å². The highest BCUT2D eigenvalue weighted by Gasteiger charge is 2.51. The molecule has 1 aliphatic carbocycles. The number of benzene rings is 1. The van der Waals surface area contributed by atoms with Crippen molar-refractivity contribution in [1.29, 1.82) is 0 Å². The van der Waals surface area contributed by atoms with E-state index in [9.17, 15) is 4.79 Å². The average molecular weight is 364 g/mol. The number of rotatable bonds is 5. The molecule has 3 heterocycles. The highest BCUT2D eigenvalue weighted by molar-refractivity contribution is 5.77. The monoisotopic (exact) mass is 364 g/mol. The summed E-state index contributed by atoms with van der Waals surface area (Å²) in [6, 6.07) is 15.0. The molecule has 0 spiro atoms. The average Bonchev–Trinajstić information content (AvgIpc) is 3.21. The summed E-state index contributed by atoms with van der Waals surface area (Å²) in [5.74, 6) is 2.56. The summed E-state index contributed by atoms with van der Waals surface area (Å²) in [6.45, 7) is 4.73. The molecular formula is C23H28N2O2. The molecular weight excluding hydrogens is 336 g/mol. The molecule has 27 heavy (non-hydrogen) atoms. The van der Waals surface area contributed by atoms with E-state index in [1.807, 2.05) is 6.07 Å². The van der Waals surface area contributed by atoms with Gasteiger partial charge in [0.25, 0.3) is 0 Å². The Balaban J connectivity index is 1.37. The van der Waals surface area contributed by atoms with Crippen LogP contribution in [0.4, 0.5) is 0 Å². The lowest BCUT2D eigenvalue weighted by Gasteiger charge is -2.44. The van der Waals surface area contributed by atoms with Gasteiger partial charge in [-0.1, -0.05) is 30.3 Å². The molecule has 4 nitrogen and oxygen atoms in total. The Labute approximate surface area is 161 Å². The van der Waals surface area contributed by atoms with Crippen LogP contribution in [0, 0.1) is 11.8 Å². The van der Waals surface area contributed by atoms with Gasteiger partial charge >= 0.3 is 0 Å². The van der Waals surface area contributed by atoms with Gasteiger partial charge in [0.15, 0.2) is 0 Å². The Morgan fingerprint density at radius 3 is 2.70 bits per heavy atom. The lowest BCUT2D eigenvalue weighted by molar-refractivity contribution is -0.134. The highest BCUT2D eigenvalue weighted by Crippen LogP contribution is 2.46. The van der Waals surface area contributed by atoms with Crippen LogP contribution in [0.3, 0.4) is 0 Å². The molecule has 2 unspecified atom stereocenters. The molecule has 1 saturated carbocycles. The van der Waals surface area contributed by atoms with Crippen LogP contribution in [0.1, 0.15) is 37.0 Å². The van der Waals surface area contributed by atoms with Crippen molar-refractivity contribution in [3.05, 3.63) is 60.1 Å². The van der Waals surface area contributed by atoms with Crippen LogP contribution in [-0.4, -0.2) is 41.9 Å². The van der Waals surface area contributed by atoms with E-state index in [0.29, 0.717) is 17.7 Å². The zero-order valence-corrected chi connectivity index (χ0v) is 15.8. The van der Waals surface area contributed by atoms with Crippen LogP contribution < -0.4 is 0 Å². The molecule has 1 aromatic heterocycles. The minimum atomic E-state index is 0.157. The smallest absolute Gasteiger partial charge is 0.222 e.